The SMILES string of the molecule is COCC(C)CN1C(=O)c2ccc(C(=O)O)cc2C1=O. The number of fused-ring (bicyclic) bond motifs is 1. The third-order valence-corrected chi connectivity index (χ3v) is 3.16. The topological polar surface area (TPSA) is 83.9 Å². The molecule has 20 heavy (non-hydrogen) atoms. The van der Waals surface area contributed by atoms with Crippen LogP contribution in [-0.2, 0) is 4.74 Å². The summed E-state index contributed by atoms with van der Waals surface area (Å²) in [5.74, 6) is -1.94. The molecular formula is C14H15NO5. The summed E-state index contributed by atoms with van der Waals surface area (Å²) in [6.07, 6.45) is 0. The smallest absolute Gasteiger partial charge is 0.335 e. The molecule has 0 saturated carbocycles. The number of carboxylic acid groups (broad SMARTS) is 1. The Labute approximate surface area is 115 Å². The van der Waals surface area contributed by atoms with Gasteiger partial charge in [0.1, 0.15) is 0 Å². The first-order valence-corrected chi connectivity index (χ1v) is 6.18. The van der Waals surface area contributed by atoms with Crippen molar-refractivity contribution in [2.24, 2.45) is 5.92 Å². The second-order valence-electron chi connectivity index (χ2n) is 4.85. The molecule has 1 aromatic carbocycles. The minimum absolute atomic E-state index is 0.00306. The molecule has 106 valence electrons. The number of methoxy groups -OCH3 is 1. The van der Waals surface area contributed by atoms with Crippen LogP contribution in [0.5, 0.6) is 0 Å². The minimum Gasteiger partial charge on any atom is -0.478 e. The van der Waals surface area contributed by atoms with E-state index in [0.29, 0.717) is 6.61 Å². The highest BCUT2D eigenvalue weighted by atomic mass is 16.5. The monoisotopic (exact) mass is 277 g/mol. The van der Waals surface area contributed by atoms with Crippen LogP contribution in [0.3, 0.4) is 0 Å². The summed E-state index contributed by atoms with van der Waals surface area (Å²) in [4.78, 5) is 36.4. The Bertz CT molecular complexity index is 581. The highest BCUT2D eigenvalue weighted by Crippen LogP contribution is 2.24. The van der Waals surface area contributed by atoms with Crippen molar-refractivity contribution in [3.63, 3.8) is 0 Å². The van der Waals surface area contributed by atoms with Crippen molar-refractivity contribution in [3.05, 3.63) is 34.9 Å². The average Bonchev–Trinajstić information content (AvgIpc) is 2.64. The first-order chi connectivity index (χ1) is 9.45. The van der Waals surface area contributed by atoms with Crippen LogP contribution in [0.4, 0.5) is 0 Å². The van der Waals surface area contributed by atoms with Crippen molar-refractivity contribution in [1.29, 1.82) is 0 Å². The van der Waals surface area contributed by atoms with E-state index >= 15 is 0 Å². The molecule has 6 nitrogen and oxygen atoms in total. The summed E-state index contributed by atoms with van der Waals surface area (Å²) in [6, 6.07) is 3.97. The van der Waals surface area contributed by atoms with E-state index in [1.54, 1.807) is 7.11 Å². The molecule has 1 aliphatic heterocycles. The Morgan fingerprint density at radius 2 is 1.95 bits per heavy atom. The summed E-state index contributed by atoms with van der Waals surface area (Å²) in [5.41, 5.74) is 0.404. The van der Waals surface area contributed by atoms with Crippen molar-refractivity contribution < 1.29 is 24.2 Å². The first kappa shape index (κ1) is 14.2. The fourth-order valence-corrected chi connectivity index (χ4v) is 2.24. The van der Waals surface area contributed by atoms with Gasteiger partial charge in [0.15, 0.2) is 0 Å². The maximum absolute atomic E-state index is 12.2. The fourth-order valence-electron chi connectivity index (χ4n) is 2.24. The second kappa shape index (κ2) is 5.42. The molecule has 6 heteroatoms. The summed E-state index contributed by atoms with van der Waals surface area (Å²) in [6.45, 7) is 2.56. The van der Waals surface area contributed by atoms with Gasteiger partial charge >= 0.3 is 5.97 Å². The van der Waals surface area contributed by atoms with Gasteiger partial charge in [0.05, 0.1) is 23.3 Å². The lowest BCUT2D eigenvalue weighted by molar-refractivity contribution is 0.0596. The van der Waals surface area contributed by atoms with Crippen molar-refractivity contribution in [2.75, 3.05) is 20.3 Å². The van der Waals surface area contributed by atoms with Crippen molar-refractivity contribution in [1.82, 2.24) is 4.90 Å². The predicted molar refractivity (Wildman–Crippen MR) is 69.8 cm³/mol. The lowest BCUT2D eigenvalue weighted by Gasteiger charge is -2.18. The number of hydrogen-bond acceptors (Lipinski definition) is 4. The molecule has 0 saturated heterocycles. The van der Waals surface area contributed by atoms with Crippen LogP contribution in [-0.4, -0.2) is 48.1 Å². The molecule has 1 unspecified atom stereocenters. The highest BCUT2D eigenvalue weighted by Gasteiger charge is 2.36. The van der Waals surface area contributed by atoms with Crippen LogP contribution in [0.2, 0.25) is 0 Å². The van der Waals surface area contributed by atoms with Gasteiger partial charge < -0.3 is 9.84 Å². The molecule has 0 aliphatic carbocycles. The lowest BCUT2D eigenvalue weighted by atomic mass is 10.1. The van der Waals surface area contributed by atoms with Crippen molar-refractivity contribution in [2.45, 2.75) is 6.92 Å². The number of amides is 2. The standard InChI is InChI=1S/C14H15NO5/c1-8(7-20-2)6-15-12(16)10-4-3-9(14(18)19)5-11(10)13(15)17/h3-5,8H,6-7H2,1-2H3,(H,18,19). The molecule has 0 aromatic heterocycles. The van der Waals surface area contributed by atoms with E-state index in [2.05, 4.69) is 0 Å². The number of hydrogen-bond donors (Lipinski definition) is 1. The quantitative estimate of drug-likeness (QED) is 0.819. The maximum atomic E-state index is 12.2. The molecule has 1 heterocycles. The number of ether oxygens (including phenoxy) is 1. The van der Waals surface area contributed by atoms with E-state index in [-0.39, 0.29) is 35.1 Å². The van der Waals surface area contributed by atoms with Crippen LogP contribution in [0.25, 0.3) is 0 Å². The van der Waals surface area contributed by atoms with Gasteiger partial charge in [-0.05, 0) is 24.1 Å². The molecule has 0 fully saturated rings. The van der Waals surface area contributed by atoms with Crippen LogP contribution >= 0.6 is 0 Å². The Morgan fingerprint density at radius 3 is 2.55 bits per heavy atom. The maximum Gasteiger partial charge on any atom is 0.335 e. The van der Waals surface area contributed by atoms with Crippen molar-refractivity contribution in [3.8, 4) is 0 Å². The van der Waals surface area contributed by atoms with Crippen LogP contribution in [0.15, 0.2) is 18.2 Å². The van der Waals surface area contributed by atoms with Gasteiger partial charge in [0, 0.05) is 13.7 Å². The van der Waals surface area contributed by atoms with Gasteiger partial charge in [-0.25, -0.2) is 4.79 Å². The number of nitrogens with zero attached hydrogens (tertiary/aromatic N) is 1. The van der Waals surface area contributed by atoms with E-state index in [1.165, 1.54) is 18.2 Å². The Morgan fingerprint density at radius 1 is 1.30 bits per heavy atom. The number of rotatable bonds is 5. The molecular weight excluding hydrogens is 262 g/mol. The van der Waals surface area contributed by atoms with E-state index in [0.717, 1.165) is 4.90 Å². The van der Waals surface area contributed by atoms with E-state index in [9.17, 15) is 14.4 Å². The molecule has 0 radical (unpaired) electrons. The summed E-state index contributed by atoms with van der Waals surface area (Å²) in [7, 11) is 1.55. The Balaban J connectivity index is 2.28. The van der Waals surface area contributed by atoms with Crippen LogP contribution in [0, 0.1) is 5.92 Å². The Hall–Kier alpha value is -2.21. The van der Waals surface area contributed by atoms with Crippen LogP contribution < -0.4 is 0 Å². The minimum atomic E-state index is -1.13. The van der Waals surface area contributed by atoms with Gasteiger partial charge in [-0.15, -0.1) is 0 Å². The number of carbonyl (C=O) groups excluding carboxylic acids is 2. The normalized spacial score (nSPS) is 15.4. The lowest BCUT2D eigenvalue weighted by Crippen LogP contribution is -2.35. The largest absolute Gasteiger partial charge is 0.478 e. The zero-order chi connectivity index (χ0) is 14.9. The van der Waals surface area contributed by atoms with Gasteiger partial charge in [-0.3, -0.25) is 14.5 Å². The number of benzene rings is 1. The number of aromatic carboxylic acids is 1. The number of carbonyl (C=O) groups is 3. The fraction of sp³-hybridized carbons (Fsp3) is 0.357. The van der Waals surface area contributed by atoms with Gasteiger partial charge in [0.25, 0.3) is 11.8 Å². The van der Waals surface area contributed by atoms with Crippen LogP contribution in [0.1, 0.15) is 38.0 Å². The van der Waals surface area contributed by atoms with E-state index in [4.69, 9.17) is 9.84 Å². The molecule has 2 rings (SSSR count). The number of carboxylic acids is 1. The second-order valence-corrected chi connectivity index (χ2v) is 4.85. The summed E-state index contributed by atoms with van der Waals surface area (Å²) < 4.78 is 4.99. The van der Waals surface area contributed by atoms with Gasteiger partial charge in [-0.2, -0.15) is 0 Å². The third-order valence-electron chi connectivity index (χ3n) is 3.16. The number of imide groups is 1. The molecule has 1 N–H and O–H groups in total. The summed E-state index contributed by atoms with van der Waals surface area (Å²) >= 11 is 0. The van der Waals surface area contributed by atoms with Gasteiger partial charge in [-0.1, -0.05) is 6.92 Å². The molecule has 1 aliphatic rings. The molecule has 0 bridgehead atoms. The molecule has 0 spiro atoms. The zero-order valence-electron chi connectivity index (χ0n) is 11.3. The highest BCUT2D eigenvalue weighted by molar-refractivity contribution is 6.21. The molecule has 2 amide bonds. The van der Waals surface area contributed by atoms with E-state index in [1.807, 2.05) is 6.92 Å². The molecule has 1 aromatic rings. The predicted octanol–water partition coefficient (Wildman–Crippen LogP) is 1.26. The molecule has 1 atom stereocenters. The van der Waals surface area contributed by atoms with E-state index < -0.39 is 11.9 Å². The van der Waals surface area contributed by atoms with Crippen molar-refractivity contribution >= 4 is 17.8 Å². The van der Waals surface area contributed by atoms with Gasteiger partial charge in [0.2, 0.25) is 0 Å². The Kier molecular flexibility index (Phi) is 3.85. The zero-order valence-corrected chi connectivity index (χ0v) is 11.3. The summed E-state index contributed by atoms with van der Waals surface area (Å²) in [5, 5.41) is 8.92. The third kappa shape index (κ3) is 2.42. The first-order valence-electron chi connectivity index (χ1n) is 6.18. The average molecular weight is 277 g/mol.